The lowest BCUT2D eigenvalue weighted by molar-refractivity contribution is 0.628. The first kappa shape index (κ1) is 32.7. The summed E-state index contributed by atoms with van der Waals surface area (Å²) in [5.74, 6) is 1.08. The molecule has 2 aliphatic rings. The zero-order chi connectivity index (χ0) is 38.5. The topological polar surface area (TPSA) is 43.6 Å². The molecule has 1 spiro atoms. The normalized spacial score (nSPS) is 14.8. The Labute approximate surface area is 332 Å². The lowest BCUT2D eigenvalue weighted by Gasteiger charge is -2.31. The summed E-state index contributed by atoms with van der Waals surface area (Å²) in [5, 5.41) is 1.33. The van der Waals surface area contributed by atoms with Gasteiger partial charge in [-0.1, -0.05) is 127 Å². The Kier molecular flexibility index (Phi) is 6.88. The second kappa shape index (κ2) is 12.2. The molecule has 8 aromatic carbocycles. The summed E-state index contributed by atoms with van der Waals surface area (Å²) < 4.78 is 31.6. The van der Waals surface area contributed by atoms with Crippen molar-refractivity contribution in [3.63, 3.8) is 0 Å². The van der Waals surface area contributed by atoms with Crippen molar-refractivity contribution in [3.05, 3.63) is 216 Å². The highest BCUT2D eigenvalue weighted by Crippen LogP contribution is 2.63. The van der Waals surface area contributed by atoms with E-state index in [4.69, 9.17) is 15.0 Å². The van der Waals surface area contributed by atoms with E-state index in [1.54, 1.807) is 12.1 Å². The number of rotatable bonds is 4. The third-order valence-corrected chi connectivity index (χ3v) is 12.0. The molecule has 0 fully saturated rings. The third-order valence-electron chi connectivity index (χ3n) is 12.0. The molecule has 2 heterocycles. The summed E-state index contributed by atoms with van der Waals surface area (Å²) >= 11 is 0. The minimum absolute atomic E-state index is 0.362. The molecule has 0 saturated heterocycles. The van der Waals surface area contributed by atoms with Gasteiger partial charge in [-0.3, -0.25) is 0 Å². The molecule has 0 radical (unpaired) electrons. The Bertz CT molecular complexity index is 3190. The number of fused-ring (bicyclic) bond motifs is 13. The van der Waals surface area contributed by atoms with Crippen LogP contribution < -0.4 is 0 Å². The molecule has 2 aromatic heterocycles. The molecular formula is C52H30F2N4. The van der Waals surface area contributed by atoms with Crippen LogP contribution in [0.2, 0.25) is 0 Å². The minimum Gasteiger partial charge on any atom is -0.309 e. The van der Waals surface area contributed by atoms with Crippen LogP contribution in [0, 0.1) is 11.6 Å². The molecule has 0 N–H and O–H groups in total. The molecule has 0 amide bonds. The van der Waals surface area contributed by atoms with Gasteiger partial charge in [0.2, 0.25) is 0 Å². The van der Waals surface area contributed by atoms with Crippen LogP contribution in [-0.2, 0) is 5.41 Å². The molecule has 272 valence electrons. The highest BCUT2D eigenvalue weighted by molar-refractivity contribution is 6.09. The summed E-state index contributed by atoms with van der Waals surface area (Å²) in [5.41, 5.74) is 13.8. The molecular weight excluding hydrogens is 719 g/mol. The summed E-state index contributed by atoms with van der Waals surface area (Å²) in [7, 11) is 0. The molecule has 4 nitrogen and oxygen atoms in total. The van der Waals surface area contributed by atoms with E-state index >= 15 is 0 Å². The van der Waals surface area contributed by atoms with Crippen LogP contribution in [0.1, 0.15) is 22.3 Å². The van der Waals surface area contributed by atoms with E-state index in [2.05, 4.69) is 89.5 Å². The molecule has 0 aliphatic heterocycles. The molecule has 0 saturated carbocycles. The highest BCUT2D eigenvalue weighted by Gasteiger charge is 2.52. The van der Waals surface area contributed by atoms with Crippen LogP contribution in [0.25, 0.3) is 83.9 Å². The largest absolute Gasteiger partial charge is 0.309 e. The second-order valence-corrected chi connectivity index (χ2v) is 15.0. The van der Waals surface area contributed by atoms with Gasteiger partial charge < -0.3 is 4.57 Å². The molecule has 6 heteroatoms. The van der Waals surface area contributed by atoms with Crippen LogP contribution in [0.3, 0.4) is 0 Å². The van der Waals surface area contributed by atoms with Gasteiger partial charge in [-0.25, -0.2) is 23.7 Å². The summed E-state index contributed by atoms with van der Waals surface area (Å²) in [6.45, 7) is 0. The Morgan fingerprint density at radius 1 is 0.362 bits per heavy atom. The number of nitrogens with zero attached hydrogens (tertiary/aromatic N) is 4. The van der Waals surface area contributed by atoms with E-state index in [-0.39, 0.29) is 11.6 Å². The van der Waals surface area contributed by atoms with Crippen LogP contribution in [0.15, 0.2) is 182 Å². The zero-order valence-electron chi connectivity index (χ0n) is 30.9. The van der Waals surface area contributed by atoms with Crippen LogP contribution >= 0.6 is 0 Å². The monoisotopic (exact) mass is 748 g/mol. The standard InChI is InChI=1S/C52H30F2N4/c53-34-20-25-47-41(28-34)42-29-35(54)21-26-48(42)58(47)36-22-24-40-38-16-8-10-18-44(38)52(46(40)30-36)43-17-9-7-15-37(43)39-23-19-33(27-45(39)52)51-56-49(31-11-3-1-4-12-31)55-50(57-51)32-13-5-2-6-14-32/h1-30H. The van der Waals surface area contributed by atoms with E-state index in [9.17, 15) is 8.78 Å². The molecule has 1 atom stereocenters. The number of hydrogen-bond acceptors (Lipinski definition) is 3. The highest BCUT2D eigenvalue weighted by atomic mass is 19.1. The van der Waals surface area contributed by atoms with Crippen molar-refractivity contribution in [2.24, 2.45) is 0 Å². The van der Waals surface area contributed by atoms with Gasteiger partial charge in [-0.2, -0.15) is 0 Å². The Morgan fingerprint density at radius 3 is 1.36 bits per heavy atom. The fraction of sp³-hybridized carbons (Fsp3) is 0.0192. The molecule has 10 aromatic rings. The number of hydrogen-bond donors (Lipinski definition) is 0. The molecule has 58 heavy (non-hydrogen) atoms. The van der Waals surface area contributed by atoms with Gasteiger partial charge in [0.15, 0.2) is 17.5 Å². The molecule has 0 bridgehead atoms. The van der Waals surface area contributed by atoms with Crippen molar-refractivity contribution in [2.45, 2.75) is 5.41 Å². The van der Waals surface area contributed by atoms with Crippen LogP contribution in [0.4, 0.5) is 8.78 Å². The fourth-order valence-electron chi connectivity index (χ4n) is 9.59. The lowest BCUT2D eigenvalue weighted by Crippen LogP contribution is -2.26. The van der Waals surface area contributed by atoms with E-state index in [0.717, 1.165) is 55.7 Å². The first-order valence-corrected chi connectivity index (χ1v) is 19.3. The Balaban J connectivity index is 1.13. The van der Waals surface area contributed by atoms with Crippen molar-refractivity contribution >= 4 is 21.8 Å². The van der Waals surface area contributed by atoms with Gasteiger partial charge in [0, 0.05) is 33.2 Å². The second-order valence-electron chi connectivity index (χ2n) is 15.0. The van der Waals surface area contributed by atoms with Gasteiger partial charge in [-0.05, 0) is 99.1 Å². The van der Waals surface area contributed by atoms with Crippen LogP contribution in [0.5, 0.6) is 0 Å². The number of benzene rings is 8. The van der Waals surface area contributed by atoms with Crippen LogP contribution in [-0.4, -0.2) is 19.5 Å². The van der Waals surface area contributed by atoms with Crippen molar-refractivity contribution in [1.82, 2.24) is 19.5 Å². The SMILES string of the molecule is Fc1ccc2c(c1)c1cc(F)ccc1n2-c1ccc2c(c1)C1(c3ccccc3-c3ccc(-c4nc(-c5ccccc5)nc(-c5ccccc5)n4)cc31)c1ccccc1-2. The average Bonchev–Trinajstić information content (AvgIpc) is 3.87. The van der Waals surface area contributed by atoms with Crippen molar-refractivity contribution in [1.29, 1.82) is 0 Å². The van der Waals surface area contributed by atoms with E-state index in [1.807, 2.05) is 60.7 Å². The maximum Gasteiger partial charge on any atom is 0.164 e. The maximum absolute atomic E-state index is 14.7. The molecule has 2 aliphatic carbocycles. The molecule has 1 unspecified atom stereocenters. The predicted molar refractivity (Wildman–Crippen MR) is 227 cm³/mol. The summed E-state index contributed by atoms with van der Waals surface area (Å²) in [6.07, 6.45) is 0. The fourth-order valence-corrected chi connectivity index (χ4v) is 9.59. The molecule has 12 rings (SSSR count). The lowest BCUT2D eigenvalue weighted by atomic mass is 9.70. The van der Waals surface area contributed by atoms with E-state index in [0.29, 0.717) is 28.2 Å². The van der Waals surface area contributed by atoms with Gasteiger partial charge in [0.25, 0.3) is 0 Å². The summed E-state index contributed by atoms with van der Waals surface area (Å²) in [6, 6.07) is 60.2. The van der Waals surface area contributed by atoms with E-state index in [1.165, 1.54) is 46.5 Å². The van der Waals surface area contributed by atoms with Gasteiger partial charge in [-0.15, -0.1) is 0 Å². The quantitative estimate of drug-likeness (QED) is 0.180. The minimum atomic E-state index is -0.682. The predicted octanol–water partition coefficient (Wildman–Crippen LogP) is 12.6. The summed E-state index contributed by atoms with van der Waals surface area (Å²) in [4.78, 5) is 15.2. The van der Waals surface area contributed by atoms with Gasteiger partial charge >= 0.3 is 0 Å². The van der Waals surface area contributed by atoms with Crippen molar-refractivity contribution in [2.75, 3.05) is 0 Å². The van der Waals surface area contributed by atoms with Crippen molar-refractivity contribution in [3.8, 4) is 62.1 Å². The van der Waals surface area contributed by atoms with Gasteiger partial charge in [0.05, 0.1) is 16.4 Å². The number of aromatic nitrogens is 4. The average molecular weight is 749 g/mol. The first-order valence-electron chi connectivity index (χ1n) is 19.3. The zero-order valence-corrected chi connectivity index (χ0v) is 30.9. The van der Waals surface area contributed by atoms with Crippen molar-refractivity contribution < 1.29 is 8.78 Å². The first-order chi connectivity index (χ1) is 28.6. The number of halogens is 2. The third kappa shape index (κ3) is 4.57. The maximum atomic E-state index is 14.7. The Morgan fingerprint density at radius 2 is 0.810 bits per heavy atom. The van der Waals surface area contributed by atoms with Gasteiger partial charge in [0.1, 0.15) is 11.6 Å². The van der Waals surface area contributed by atoms with E-state index < -0.39 is 5.41 Å². The Hall–Kier alpha value is -7.57. The smallest absolute Gasteiger partial charge is 0.164 e.